The minimum Gasteiger partial charge on any atom is -0.349 e. The smallest absolute Gasteiger partial charge is 0.222 e. The van der Waals surface area contributed by atoms with E-state index in [0.29, 0.717) is 23.8 Å². The van der Waals surface area contributed by atoms with Crippen molar-refractivity contribution >= 4 is 17.5 Å². The van der Waals surface area contributed by atoms with Crippen LogP contribution in [0.5, 0.6) is 0 Å². The van der Waals surface area contributed by atoms with Crippen LogP contribution in [0, 0.1) is 0 Å². The predicted octanol–water partition coefficient (Wildman–Crippen LogP) is 2.57. The molecule has 2 heterocycles. The quantitative estimate of drug-likeness (QED) is 0.748. The van der Waals surface area contributed by atoms with E-state index in [-0.39, 0.29) is 11.9 Å². The topological polar surface area (TPSA) is 64.7 Å². The van der Waals surface area contributed by atoms with Gasteiger partial charge in [0.25, 0.3) is 0 Å². The average Bonchev–Trinajstić information content (AvgIpc) is 3.23. The number of aryl methyl sites for hydroxylation is 1. The molecule has 1 amide bonds. The Balaban J connectivity index is 1.69. The molecular weight excluding hydrogens is 326 g/mol. The molecule has 0 aliphatic carbocycles. The second-order valence-corrected chi connectivity index (χ2v) is 5.95. The van der Waals surface area contributed by atoms with Crippen LogP contribution in [0.25, 0.3) is 0 Å². The van der Waals surface area contributed by atoms with Crippen molar-refractivity contribution in [2.45, 2.75) is 19.0 Å². The summed E-state index contributed by atoms with van der Waals surface area (Å²) in [6, 6.07) is 11.4. The van der Waals surface area contributed by atoms with Gasteiger partial charge in [-0.2, -0.15) is 5.10 Å². The average molecular weight is 344 g/mol. The molecule has 3 rings (SSSR count). The molecule has 0 saturated carbocycles. The Morgan fingerprint density at radius 1 is 1.25 bits per heavy atom. The Bertz CT molecular complexity index is 795. The van der Waals surface area contributed by atoms with Crippen LogP contribution < -0.4 is 5.32 Å². The van der Waals surface area contributed by atoms with Crippen LogP contribution in [0.4, 0.5) is 0 Å². The second kappa shape index (κ2) is 7.31. The highest BCUT2D eigenvalue weighted by Crippen LogP contribution is 2.24. The Kier molecular flexibility index (Phi) is 4.96. The molecule has 0 saturated heterocycles. The van der Waals surface area contributed by atoms with Crippen LogP contribution in [-0.4, -0.2) is 25.2 Å². The number of rotatable bonds is 6. The lowest BCUT2D eigenvalue weighted by atomic mass is 10.0. The van der Waals surface area contributed by atoms with E-state index in [2.05, 4.69) is 15.4 Å². The monoisotopic (exact) mass is 343 g/mol. The molecule has 1 aromatic carbocycles. The molecule has 2 aromatic heterocycles. The van der Waals surface area contributed by atoms with Crippen LogP contribution in [0.1, 0.15) is 23.9 Å². The maximum Gasteiger partial charge on any atom is 0.222 e. The zero-order valence-corrected chi connectivity index (χ0v) is 14.0. The molecule has 0 aliphatic heterocycles. The third kappa shape index (κ3) is 4.02. The normalized spacial score (nSPS) is 12.1. The standard InChI is InChI=1S/C17H18ClN5O/c1-22-12-20-16(21-22)11-19-17(24)10-15(23-8-2-3-9-23)13-4-6-14(18)7-5-13/h2-9,12,15H,10-11H2,1H3,(H,19,24)/t15-/m0/s1. The van der Waals surface area contributed by atoms with Crippen molar-refractivity contribution in [1.29, 1.82) is 0 Å². The van der Waals surface area contributed by atoms with Gasteiger partial charge in [-0.05, 0) is 29.8 Å². The van der Waals surface area contributed by atoms with E-state index < -0.39 is 0 Å². The highest BCUT2D eigenvalue weighted by atomic mass is 35.5. The van der Waals surface area contributed by atoms with E-state index in [9.17, 15) is 4.79 Å². The van der Waals surface area contributed by atoms with Crippen LogP contribution >= 0.6 is 11.6 Å². The first-order chi connectivity index (χ1) is 11.6. The number of carbonyl (C=O) groups excluding carboxylic acids is 1. The minimum absolute atomic E-state index is 0.0592. The largest absolute Gasteiger partial charge is 0.349 e. The molecular formula is C17H18ClN5O. The molecule has 0 unspecified atom stereocenters. The van der Waals surface area contributed by atoms with Gasteiger partial charge in [-0.15, -0.1) is 0 Å². The first kappa shape index (κ1) is 16.3. The van der Waals surface area contributed by atoms with Crippen molar-refractivity contribution in [2.24, 2.45) is 7.05 Å². The minimum atomic E-state index is -0.0889. The number of hydrogen-bond donors (Lipinski definition) is 1. The lowest BCUT2D eigenvalue weighted by Crippen LogP contribution is -2.27. The summed E-state index contributed by atoms with van der Waals surface area (Å²) in [5, 5.41) is 7.70. The van der Waals surface area contributed by atoms with E-state index in [4.69, 9.17) is 11.6 Å². The number of hydrogen-bond acceptors (Lipinski definition) is 3. The lowest BCUT2D eigenvalue weighted by molar-refractivity contribution is -0.121. The fourth-order valence-electron chi connectivity index (χ4n) is 2.53. The van der Waals surface area contributed by atoms with Gasteiger partial charge in [-0.3, -0.25) is 9.48 Å². The summed E-state index contributed by atoms with van der Waals surface area (Å²) in [7, 11) is 1.79. The second-order valence-electron chi connectivity index (χ2n) is 5.51. The molecule has 0 aliphatic rings. The third-order valence-corrected chi connectivity index (χ3v) is 3.96. The molecule has 7 heteroatoms. The Morgan fingerprint density at radius 3 is 2.58 bits per heavy atom. The molecule has 0 bridgehead atoms. The van der Waals surface area contributed by atoms with Crippen LogP contribution in [-0.2, 0) is 18.4 Å². The van der Waals surface area contributed by atoms with Gasteiger partial charge >= 0.3 is 0 Å². The maximum absolute atomic E-state index is 12.4. The molecule has 6 nitrogen and oxygen atoms in total. The van der Waals surface area contributed by atoms with E-state index in [0.717, 1.165) is 5.56 Å². The zero-order valence-electron chi connectivity index (χ0n) is 13.3. The van der Waals surface area contributed by atoms with E-state index in [1.807, 2.05) is 53.4 Å². The Labute approximate surface area is 145 Å². The van der Waals surface area contributed by atoms with Crippen molar-refractivity contribution in [3.8, 4) is 0 Å². The highest BCUT2D eigenvalue weighted by Gasteiger charge is 2.17. The van der Waals surface area contributed by atoms with Gasteiger partial charge in [-0.1, -0.05) is 23.7 Å². The molecule has 124 valence electrons. The van der Waals surface area contributed by atoms with Gasteiger partial charge < -0.3 is 9.88 Å². The molecule has 0 spiro atoms. The highest BCUT2D eigenvalue weighted by molar-refractivity contribution is 6.30. The van der Waals surface area contributed by atoms with Gasteiger partial charge in [0.2, 0.25) is 5.91 Å². The molecule has 0 fully saturated rings. The van der Waals surface area contributed by atoms with Gasteiger partial charge in [-0.25, -0.2) is 4.98 Å². The SMILES string of the molecule is Cn1cnc(CNC(=O)C[C@@H](c2ccc(Cl)cc2)n2cccc2)n1. The van der Waals surface area contributed by atoms with Crippen LogP contribution in [0.2, 0.25) is 5.02 Å². The van der Waals surface area contributed by atoms with Gasteiger partial charge in [0.05, 0.1) is 19.0 Å². The lowest BCUT2D eigenvalue weighted by Gasteiger charge is -2.19. The van der Waals surface area contributed by atoms with Gasteiger partial charge in [0.15, 0.2) is 5.82 Å². The molecule has 24 heavy (non-hydrogen) atoms. The van der Waals surface area contributed by atoms with Crippen molar-refractivity contribution in [3.63, 3.8) is 0 Å². The van der Waals surface area contributed by atoms with Crippen molar-refractivity contribution in [2.75, 3.05) is 0 Å². The zero-order chi connectivity index (χ0) is 16.9. The summed E-state index contributed by atoms with van der Waals surface area (Å²) in [5.41, 5.74) is 1.03. The van der Waals surface area contributed by atoms with E-state index >= 15 is 0 Å². The Morgan fingerprint density at radius 2 is 1.96 bits per heavy atom. The molecule has 0 radical (unpaired) electrons. The number of nitrogens with zero attached hydrogens (tertiary/aromatic N) is 4. The van der Waals surface area contributed by atoms with E-state index in [1.165, 1.54) is 0 Å². The summed E-state index contributed by atoms with van der Waals surface area (Å²) in [5.74, 6) is 0.533. The molecule has 3 aromatic rings. The molecule has 1 atom stereocenters. The number of amides is 1. The van der Waals surface area contributed by atoms with Gasteiger partial charge in [0.1, 0.15) is 6.33 Å². The summed E-state index contributed by atoms with van der Waals surface area (Å²) >= 11 is 5.96. The predicted molar refractivity (Wildman–Crippen MR) is 91.5 cm³/mol. The Hall–Kier alpha value is -2.60. The summed E-state index contributed by atoms with van der Waals surface area (Å²) in [6.07, 6.45) is 5.83. The van der Waals surface area contributed by atoms with Crippen molar-refractivity contribution in [1.82, 2.24) is 24.6 Å². The summed E-state index contributed by atoms with van der Waals surface area (Å²) in [4.78, 5) is 16.5. The van der Waals surface area contributed by atoms with Crippen molar-refractivity contribution in [3.05, 3.63) is 71.5 Å². The summed E-state index contributed by atoms with van der Waals surface area (Å²) < 4.78 is 3.62. The first-order valence-electron chi connectivity index (χ1n) is 7.61. The van der Waals surface area contributed by atoms with Gasteiger partial charge in [0, 0.05) is 24.5 Å². The number of benzene rings is 1. The van der Waals surface area contributed by atoms with Crippen LogP contribution in [0.15, 0.2) is 55.1 Å². The third-order valence-electron chi connectivity index (χ3n) is 3.71. The van der Waals surface area contributed by atoms with Crippen molar-refractivity contribution < 1.29 is 4.79 Å². The first-order valence-corrected chi connectivity index (χ1v) is 7.99. The fraction of sp³-hybridized carbons (Fsp3) is 0.235. The number of aromatic nitrogens is 4. The van der Waals surface area contributed by atoms with E-state index in [1.54, 1.807) is 18.1 Å². The molecule has 1 N–H and O–H groups in total. The fourth-order valence-corrected chi connectivity index (χ4v) is 2.65. The van der Waals surface area contributed by atoms with Crippen LogP contribution in [0.3, 0.4) is 0 Å². The number of nitrogens with one attached hydrogen (secondary N) is 1. The maximum atomic E-state index is 12.4. The summed E-state index contributed by atoms with van der Waals surface area (Å²) in [6.45, 7) is 0.318. The number of carbonyl (C=O) groups is 1. The number of halogens is 1.